The molecule has 2 aromatic heterocycles. The lowest BCUT2D eigenvalue weighted by molar-refractivity contribution is 0.0950. The number of carbonyl (C=O) groups is 1. The van der Waals surface area contributed by atoms with Crippen LogP contribution in [0.2, 0.25) is 0 Å². The van der Waals surface area contributed by atoms with Gasteiger partial charge in [-0.15, -0.1) is 0 Å². The Morgan fingerprint density at radius 3 is 2.82 bits per heavy atom. The van der Waals surface area contributed by atoms with Gasteiger partial charge in [-0.25, -0.2) is 5.43 Å². The van der Waals surface area contributed by atoms with E-state index in [0.717, 1.165) is 11.3 Å². The fourth-order valence-electron chi connectivity index (χ4n) is 2.06. The zero-order chi connectivity index (χ0) is 15.4. The SMILES string of the molecule is Cn1cccc1-c1cc(C(=O)NN=Cc2ccccc2)[nH]n1. The molecule has 3 rings (SSSR count). The molecule has 1 aromatic carbocycles. The number of amides is 1. The maximum absolute atomic E-state index is 12.0. The molecule has 0 radical (unpaired) electrons. The molecule has 1 amide bonds. The molecule has 6 heteroatoms. The predicted octanol–water partition coefficient (Wildman–Crippen LogP) is 2.18. The smallest absolute Gasteiger partial charge is 0.289 e. The van der Waals surface area contributed by atoms with E-state index in [1.165, 1.54) is 0 Å². The number of aryl methyl sites for hydroxylation is 1. The number of benzene rings is 1. The Labute approximate surface area is 127 Å². The molecule has 0 aliphatic rings. The first-order valence-corrected chi connectivity index (χ1v) is 6.79. The lowest BCUT2D eigenvalue weighted by Crippen LogP contribution is -2.17. The molecule has 0 bridgehead atoms. The van der Waals surface area contributed by atoms with Gasteiger partial charge in [0.2, 0.25) is 0 Å². The fourth-order valence-corrected chi connectivity index (χ4v) is 2.06. The summed E-state index contributed by atoms with van der Waals surface area (Å²) in [5, 5.41) is 10.8. The summed E-state index contributed by atoms with van der Waals surface area (Å²) >= 11 is 0. The molecule has 22 heavy (non-hydrogen) atoms. The van der Waals surface area contributed by atoms with Crippen molar-refractivity contribution in [2.75, 3.05) is 0 Å². The van der Waals surface area contributed by atoms with Crippen LogP contribution >= 0.6 is 0 Å². The van der Waals surface area contributed by atoms with Crippen molar-refractivity contribution in [3.63, 3.8) is 0 Å². The molecule has 0 spiro atoms. The van der Waals surface area contributed by atoms with Gasteiger partial charge in [0.1, 0.15) is 11.4 Å². The van der Waals surface area contributed by atoms with Gasteiger partial charge in [-0.3, -0.25) is 9.89 Å². The molecule has 0 saturated heterocycles. The zero-order valence-corrected chi connectivity index (χ0v) is 12.0. The minimum atomic E-state index is -0.333. The van der Waals surface area contributed by atoms with Crippen LogP contribution in [-0.2, 0) is 7.05 Å². The van der Waals surface area contributed by atoms with Crippen molar-refractivity contribution in [2.45, 2.75) is 0 Å². The molecule has 2 N–H and O–H groups in total. The third kappa shape index (κ3) is 2.95. The van der Waals surface area contributed by atoms with Gasteiger partial charge in [-0.2, -0.15) is 10.2 Å². The Morgan fingerprint density at radius 2 is 2.09 bits per heavy atom. The van der Waals surface area contributed by atoms with Crippen molar-refractivity contribution in [1.29, 1.82) is 0 Å². The van der Waals surface area contributed by atoms with Gasteiger partial charge in [-0.1, -0.05) is 30.3 Å². The number of hydrogen-bond acceptors (Lipinski definition) is 3. The number of hydrogen-bond donors (Lipinski definition) is 2. The van der Waals surface area contributed by atoms with Gasteiger partial charge in [0.25, 0.3) is 5.91 Å². The van der Waals surface area contributed by atoms with Crippen molar-refractivity contribution in [1.82, 2.24) is 20.2 Å². The molecule has 0 atom stereocenters. The van der Waals surface area contributed by atoms with E-state index in [2.05, 4.69) is 20.7 Å². The number of nitrogens with zero attached hydrogens (tertiary/aromatic N) is 3. The van der Waals surface area contributed by atoms with Gasteiger partial charge in [-0.05, 0) is 23.8 Å². The van der Waals surface area contributed by atoms with Crippen molar-refractivity contribution >= 4 is 12.1 Å². The number of hydrazone groups is 1. The molecule has 0 saturated carbocycles. The summed E-state index contributed by atoms with van der Waals surface area (Å²) in [5.41, 5.74) is 5.40. The normalized spacial score (nSPS) is 11.0. The van der Waals surface area contributed by atoms with Gasteiger partial charge >= 0.3 is 0 Å². The summed E-state index contributed by atoms with van der Waals surface area (Å²) in [6, 6.07) is 15.1. The average Bonchev–Trinajstić information content (AvgIpc) is 3.17. The summed E-state index contributed by atoms with van der Waals surface area (Å²) in [5.74, 6) is -0.333. The largest absolute Gasteiger partial charge is 0.349 e. The molecule has 0 unspecified atom stereocenters. The summed E-state index contributed by atoms with van der Waals surface area (Å²) < 4.78 is 1.94. The number of rotatable bonds is 4. The van der Waals surface area contributed by atoms with Crippen LogP contribution in [-0.4, -0.2) is 26.9 Å². The van der Waals surface area contributed by atoms with E-state index in [-0.39, 0.29) is 5.91 Å². The van der Waals surface area contributed by atoms with E-state index < -0.39 is 0 Å². The van der Waals surface area contributed by atoms with Crippen molar-refractivity contribution < 1.29 is 4.79 Å². The lowest BCUT2D eigenvalue weighted by atomic mass is 10.2. The Bertz CT molecular complexity index is 801. The monoisotopic (exact) mass is 293 g/mol. The summed E-state index contributed by atoms with van der Waals surface area (Å²) in [6.45, 7) is 0. The van der Waals surface area contributed by atoms with Crippen LogP contribution in [0.5, 0.6) is 0 Å². The average molecular weight is 293 g/mol. The van der Waals surface area contributed by atoms with Crippen molar-refractivity contribution in [2.24, 2.45) is 12.1 Å². The summed E-state index contributed by atoms with van der Waals surface area (Å²) in [4.78, 5) is 12.0. The zero-order valence-electron chi connectivity index (χ0n) is 12.0. The molecular weight excluding hydrogens is 278 g/mol. The minimum Gasteiger partial charge on any atom is -0.349 e. The first kappa shape index (κ1) is 13.8. The summed E-state index contributed by atoms with van der Waals surface area (Å²) in [7, 11) is 1.92. The van der Waals surface area contributed by atoms with Crippen molar-refractivity contribution in [3.8, 4) is 11.4 Å². The van der Waals surface area contributed by atoms with Crippen LogP contribution < -0.4 is 5.43 Å². The molecule has 2 heterocycles. The van der Waals surface area contributed by atoms with Crippen LogP contribution in [0.15, 0.2) is 59.8 Å². The number of aromatic amines is 1. The maximum Gasteiger partial charge on any atom is 0.289 e. The molecule has 0 fully saturated rings. The molecular formula is C16H15N5O. The molecule has 110 valence electrons. The molecule has 6 nitrogen and oxygen atoms in total. The van der Waals surface area contributed by atoms with Gasteiger partial charge in [0.05, 0.1) is 11.9 Å². The second kappa shape index (κ2) is 6.09. The van der Waals surface area contributed by atoms with Crippen molar-refractivity contribution in [3.05, 3.63) is 66.0 Å². The Hall–Kier alpha value is -3.15. The number of H-pyrrole nitrogens is 1. The van der Waals surface area contributed by atoms with E-state index in [4.69, 9.17) is 0 Å². The number of aromatic nitrogens is 3. The third-order valence-corrected chi connectivity index (χ3v) is 3.21. The van der Waals surface area contributed by atoms with E-state index in [0.29, 0.717) is 11.4 Å². The minimum absolute atomic E-state index is 0.333. The highest BCUT2D eigenvalue weighted by Crippen LogP contribution is 2.17. The lowest BCUT2D eigenvalue weighted by Gasteiger charge is -1.97. The molecule has 3 aromatic rings. The van der Waals surface area contributed by atoms with E-state index in [1.54, 1.807) is 12.3 Å². The Morgan fingerprint density at radius 1 is 1.27 bits per heavy atom. The Kier molecular flexibility index (Phi) is 3.82. The van der Waals surface area contributed by atoms with Gasteiger partial charge in [0.15, 0.2) is 0 Å². The second-order valence-electron chi connectivity index (χ2n) is 4.78. The summed E-state index contributed by atoms with van der Waals surface area (Å²) in [6.07, 6.45) is 3.51. The van der Waals surface area contributed by atoms with Crippen LogP contribution in [0.25, 0.3) is 11.4 Å². The highest BCUT2D eigenvalue weighted by molar-refractivity contribution is 5.94. The van der Waals surface area contributed by atoms with E-state index in [9.17, 15) is 4.79 Å². The topological polar surface area (TPSA) is 75.1 Å². The second-order valence-corrected chi connectivity index (χ2v) is 4.78. The molecule has 0 aliphatic heterocycles. The molecule has 0 aliphatic carbocycles. The highest BCUT2D eigenvalue weighted by atomic mass is 16.2. The fraction of sp³-hybridized carbons (Fsp3) is 0.0625. The number of carbonyl (C=O) groups excluding carboxylic acids is 1. The van der Waals surface area contributed by atoms with Gasteiger partial charge in [0, 0.05) is 13.2 Å². The Balaban J connectivity index is 1.67. The first-order chi connectivity index (χ1) is 10.7. The quantitative estimate of drug-likeness (QED) is 0.571. The third-order valence-electron chi connectivity index (χ3n) is 3.21. The standard InChI is InChI=1S/C16H15N5O/c1-21-9-5-8-15(21)13-10-14(19-18-13)16(22)20-17-11-12-6-3-2-4-7-12/h2-11H,1H3,(H,18,19)(H,20,22). The maximum atomic E-state index is 12.0. The predicted molar refractivity (Wildman–Crippen MR) is 84.5 cm³/mol. The first-order valence-electron chi connectivity index (χ1n) is 6.79. The highest BCUT2D eigenvalue weighted by Gasteiger charge is 2.11. The van der Waals surface area contributed by atoms with E-state index >= 15 is 0 Å². The van der Waals surface area contributed by atoms with Crippen LogP contribution in [0, 0.1) is 0 Å². The van der Waals surface area contributed by atoms with Gasteiger partial charge < -0.3 is 4.57 Å². The van der Waals surface area contributed by atoms with Crippen LogP contribution in [0.1, 0.15) is 16.1 Å². The van der Waals surface area contributed by atoms with E-state index in [1.807, 2.05) is 60.3 Å². The van der Waals surface area contributed by atoms with Crippen LogP contribution in [0.4, 0.5) is 0 Å². The number of nitrogens with one attached hydrogen (secondary N) is 2. The van der Waals surface area contributed by atoms with Crippen LogP contribution in [0.3, 0.4) is 0 Å².